The van der Waals surface area contributed by atoms with E-state index in [1.54, 1.807) is 0 Å². The third-order valence-electron chi connectivity index (χ3n) is 3.31. The summed E-state index contributed by atoms with van der Waals surface area (Å²) in [6.07, 6.45) is -0.375. The van der Waals surface area contributed by atoms with E-state index in [0.29, 0.717) is 15.0 Å². The zero-order chi connectivity index (χ0) is 13.8. The molecule has 0 amide bonds. The second kappa shape index (κ2) is 6.23. The molecule has 0 saturated heterocycles. The Labute approximate surface area is 125 Å². The van der Waals surface area contributed by atoms with Gasteiger partial charge in [0.05, 0.1) is 0 Å². The summed E-state index contributed by atoms with van der Waals surface area (Å²) in [7, 11) is 0. The van der Waals surface area contributed by atoms with Crippen LogP contribution in [0.3, 0.4) is 0 Å². The van der Waals surface area contributed by atoms with Gasteiger partial charge in [-0.05, 0) is 0 Å². The summed E-state index contributed by atoms with van der Waals surface area (Å²) in [5.41, 5.74) is 1.02. The van der Waals surface area contributed by atoms with Crippen molar-refractivity contribution in [1.29, 1.82) is 0 Å². The Kier molecular flexibility index (Phi) is 4.17. The summed E-state index contributed by atoms with van der Waals surface area (Å²) in [5.74, 6) is 0. The van der Waals surface area contributed by atoms with Crippen LogP contribution in [0.25, 0.3) is 10.8 Å². The van der Waals surface area contributed by atoms with Crippen LogP contribution >= 0.6 is 0 Å². The molecule has 2 heteroatoms. The molecule has 0 radical (unpaired) electrons. The minimum atomic E-state index is -0.375. The van der Waals surface area contributed by atoms with E-state index in [1.165, 1.54) is 15.2 Å². The van der Waals surface area contributed by atoms with Crippen molar-refractivity contribution in [3.63, 3.8) is 0 Å². The summed E-state index contributed by atoms with van der Waals surface area (Å²) in [4.78, 5) is 0. The van der Waals surface area contributed by atoms with Gasteiger partial charge in [-0.3, -0.25) is 0 Å². The molecule has 0 heterocycles. The first-order chi connectivity index (χ1) is 9.83. The van der Waals surface area contributed by atoms with Crippen molar-refractivity contribution in [1.82, 2.24) is 0 Å². The van der Waals surface area contributed by atoms with Crippen molar-refractivity contribution in [2.45, 2.75) is 11.4 Å². The zero-order valence-corrected chi connectivity index (χ0v) is 12.8. The summed E-state index contributed by atoms with van der Waals surface area (Å²) >= 11 is 0.312. The van der Waals surface area contributed by atoms with Gasteiger partial charge >= 0.3 is 125 Å². The topological polar surface area (TPSA) is 20.2 Å². The van der Waals surface area contributed by atoms with E-state index in [4.69, 9.17) is 0 Å². The number of benzene rings is 3. The molecule has 1 N–H and O–H groups in total. The van der Waals surface area contributed by atoms with Gasteiger partial charge in [0.25, 0.3) is 0 Å². The first-order valence-corrected chi connectivity index (χ1v) is 8.74. The Morgan fingerprint density at radius 3 is 2.30 bits per heavy atom. The molecule has 0 aliphatic carbocycles. The van der Waals surface area contributed by atoms with Crippen molar-refractivity contribution in [3.05, 3.63) is 78.4 Å². The molecule has 0 saturated carbocycles. The van der Waals surface area contributed by atoms with Crippen LogP contribution in [0.5, 0.6) is 0 Å². The van der Waals surface area contributed by atoms with Crippen LogP contribution in [0.4, 0.5) is 0 Å². The molecular weight excluding hydrogens is 311 g/mol. The van der Waals surface area contributed by atoms with Gasteiger partial charge < -0.3 is 0 Å². The van der Waals surface area contributed by atoms with Crippen LogP contribution in [-0.2, 0) is 0 Å². The van der Waals surface area contributed by atoms with Crippen molar-refractivity contribution in [3.8, 4) is 0 Å². The molecule has 1 nitrogen and oxygen atoms in total. The second-order valence-corrected chi connectivity index (χ2v) is 7.04. The van der Waals surface area contributed by atoms with Gasteiger partial charge in [-0.2, -0.15) is 0 Å². The maximum absolute atomic E-state index is 10.4. The fourth-order valence-corrected chi connectivity index (χ4v) is 4.08. The van der Waals surface area contributed by atoms with Crippen LogP contribution in [-0.4, -0.2) is 20.1 Å². The Bertz CT molecular complexity index is 694. The molecule has 100 valence electrons. The number of hydrogen-bond acceptors (Lipinski definition) is 1. The number of fused-ring (bicyclic) bond motifs is 1. The Morgan fingerprint density at radius 2 is 1.50 bits per heavy atom. The first kappa shape index (κ1) is 13.4. The van der Waals surface area contributed by atoms with Crippen LogP contribution in [0.1, 0.15) is 11.7 Å². The van der Waals surface area contributed by atoms with Crippen LogP contribution < -0.4 is 4.46 Å². The average molecular weight is 327 g/mol. The normalized spacial score (nSPS) is 12.4. The van der Waals surface area contributed by atoms with Crippen LogP contribution in [0, 0.1) is 0 Å². The first-order valence-electron chi connectivity index (χ1n) is 6.67. The maximum atomic E-state index is 10.4. The van der Waals surface area contributed by atoms with Gasteiger partial charge in [0, 0.05) is 0 Å². The molecule has 0 aliphatic heterocycles. The predicted molar refractivity (Wildman–Crippen MR) is 85.5 cm³/mol. The van der Waals surface area contributed by atoms with Gasteiger partial charge in [0.1, 0.15) is 0 Å². The van der Waals surface area contributed by atoms with Crippen molar-refractivity contribution in [2.24, 2.45) is 0 Å². The predicted octanol–water partition coefficient (Wildman–Crippen LogP) is 3.32. The summed E-state index contributed by atoms with van der Waals surface area (Å²) in [6, 6.07) is 24.9. The molecule has 0 fully saturated rings. The molecule has 0 aliphatic rings. The molecule has 1 atom stereocenters. The molecule has 1 unspecified atom stereocenters. The van der Waals surface area contributed by atoms with Gasteiger partial charge in [0.15, 0.2) is 0 Å². The molecular formula is C18H16OSe. The Morgan fingerprint density at radius 1 is 0.800 bits per heavy atom. The molecule has 0 spiro atoms. The third kappa shape index (κ3) is 3.10. The van der Waals surface area contributed by atoms with Gasteiger partial charge in [-0.15, -0.1) is 0 Å². The van der Waals surface area contributed by atoms with Crippen LogP contribution in [0.15, 0.2) is 72.8 Å². The fourth-order valence-electron chi connectivity index (χ4n) is 2.20. The average Bonchev–Trinajstić information content (AvgIpc) is 2.53. The van der Waals surface area contributed by atoms with Crippen LogP contribution in [0.2, 0.25) is 5.32 Å². The number of aliphatic hydroxyl groups is 1. The number of aliphatic hydroxyl groups excluding tert-OH is 1. The van der Waals surface area contributed by atoms with Crippen molar-refractivity contribution >= 4 is 30.2 Å². The Balaban J connectivity index is 1.73. The molecule has 0 aromatic heterocycles. The zero-order valence-electron chi connectivity index (χ0n) is 11.1. The van der Waals surface area contributed by atoms with E-state index < -0.39 is 0 Å². The molecule has 3 aromatic rings. The summed E-state index contributed by atoms with van der Waals surface area (Å²) < 4.78 is 1.33. The standard InChI is InChI=1S/C18H16OSe/c19-18(13-20-17-8-2-1-3-9-17)16-11-10-14-6-4-5-7-15(14)12-16/h1-12,18-19H,13H2. The van der Waals surface area contributed by atoms with Gasteiger partial charge in [-0.25, -0.2) is 0 Å². The van der Waals surface area contributed by atoms with Crippen molar-refractivity contribution < 1.29 is 5.11 Å². The number of hydrogen-bond donors (Lipinski definition) is 1. The monoisotopic (exact) mass is 328 g/mol. The third-order valence-corrected chi connectivity index (χ3v) is 5.59. The molecule has 20 heavy (non-hydrogen) atoms. The molecule has 3 rings (SSSR count). The fraction of sp³-hybridized carbons (Fsp3) is 0.111. The number of rotatable bonds is 4. The van der Waals surface area contributed by atoms with Gasteiger partial charge in [-0.1, -0.05) is 0 Å². The van der Waals surface area contributed by atoms with Gasteiger partial charge in [0.2, 0.25) is 0 Å². The van der Waals surface area contributed by atoms with E-state index in [0.717, 1.165) is 10.9 Å². The second-order valence-electron chi connectivity index (χ2n) is 4.75. The quantitative estimate of drug-likeness (QED) is 0.729. The van der Waals surface area contributed by atoms with E-state index in [1.807, 2.05) is 24.3 Å². The summed E-state index contributed by atoms with van der Waals surface area (Å²) in [5, 5.41) is 13.6. The Hall–Kier alpha value is -1.60. The minimum absolute atomic E-state index is 0.312. The molecule has 0 bridgehead atoms. The van der Waals surface area contributed by atoms with E-state index in [-0.39, 0.29) is 6.10 Å². The van der Waals surface area contributed by atoms with Crippen molar-refractivity contribution in [2.75, 3.05) is 0 Å². The summed E-state index contributed by atoms with van der Waals surface area (Å²) in [6.45, 7) is 0. The van der Waals surface area contributed by atoms with E-state index in [9.17, 15) is 5.11 Å². The van der Waals surface area contributed by atoms with E-state index >= 15 is 0 Å². The molecule has 3 aromatic carbocycles. The van der Waals surface area contributed by atoms with E-state index in [2.05, 4.69) is 48.5 Å². The SMILES string of the molecule is OC(C[Se]c1ccccc1)c1ccc2ccccc2c1.